The van der Waals surface area contributed by atoms with Gasteiger partial charge in [0.05, 0.1) is 6.61 Å². The van der Waals surface area contributed by atoms with Gasteiger partial charge in [-0.3, -0.25) is 9.59 Å². The molecule has 1 atom stereocenters. The van der Waals surface area contributed by atoms with E-state index < -0.39 is 0 Å². The highest BCUT2D eigenvalue weighted by atomic mass is 16.6. The van der Waals surface area contributed by atoms with Gasteiger partial charge < -0.3 is 4.74 Å². The van der Waals surface area contributed by atoms with Gasteiger partial charge in [-0.1, -0.05) is 30.3 Å². The Labute approximate surface area is 105 Å². The molecule has 18 heavy (non-hydrogen) atoms. The average molecular weight is 240 g/mol. The fourth-order valence-corrected chi connectivity index (χ4v) is 2.35. The van der Waals surface area contributed by atoms with Crippen molar-refractivity contribution >= 4 is 11.6 Å². The first-order chi connectivity index (χ1) is 8.74. The van der Waals surface area contributed by atoms with Crippen LogP contribution >= 0.6 is 0 Å². The van der Waals surface area contributed by atoms with Gasteiger partial charge in [-0.2, -0.15) is 0 Å². The van der Waals surface area contributed by atoms with E-state index in [0.29, 0.717) is 35.3 Å². The summed E-state index contributed by atoms with van der Waals surface area (Å²) in [6.07, 6.45) is 1.86. The Bertz CT molecular complexity index is 592. The quantitative estimate of drug-likeness (QED) is 0.601. The summed E-state index contributed by atoms with van der Waals surface area (Å²) in [6, 6.07) is 6.94. The molecule has 3 nitrogen and oxygen atoms in total. The first-order valence-electron chi connectivity index (χ1n) is 5.88. The number of fused-ring (bicyclic) bond motifs is 1. The highest BCUT2D eigenvalue weighted by Crippen LogP contribution is 2.34. The van der Waals surface area contributed by atoms with Crippen LogP contribution in [-0.4, -0.2) is 24.3 Å². The minimum Gasteiger partial charge on any atom is -0.368 e. The van der Waals surface area contributed by atoms with Gasteiger partial charge in [0.15, 0.2) is 11.6 Å². The summed E-state index contributed by atoms with van der Waals surface area (Å²) in [6.45, 7) is 4.17. The molecule has 2 aliphatic rings. The lowest BCUT2D eigenvalue weighted by Gasteiger charge is -2.19. The maximum Gasteiger partial charge on any atom is 0.192 e. The van der Waals surface area contributed by atoms with Gasteiger partial charge >= 0.3 is 0 Å². The van der Waals surface area contributed by atoms with E-state index in [1.54, 1.807) is 30.3 Å². The van der Waals surface area contributed by atoms with Crippen LogP contribution in [0.2, 0.25) is 0 Å². The third-order valence-electron chi connectivity index (χ3n) is 3.26. The Kier molecular flexibility index (Phi) is 2.49. The van der Waals surface area contributed by atoms with Gasteiger partial charge in [0.1, 0.15) is 6.10 Å². The monoisotopic (exact) mass is 240 g/mol. The summed E-state index contributed by atoms with van der Waals surface area (Å²) >= 11 is 0. The zero-order valence-corrected chi connectivity index (χ0v) is 9.81. The van der Waals surface area contributed by atoms with E-state index in [4.69, 9.17) is 4.74 Å². The molecule has 1 fully saturated rings. The number of epoxide rings is 1. The molecule has 1 aromatic carbocycles. The van der Waals surface area contributed by atoms with Crippen molar-refractivity contribution in [3.8, 4) is 0 Å². The lowest BCUT2D eigenvalue weighted by molar-refractivity contribution is 0.0967. The van der Waals surface area contributed by atoms with Crippen LogP contribution in [0, 0.1) is 0 Å². The van der Waals surface area contributed by atoms with Crippen LogP contribution in [0.15, 0.2) is 48.1 Å². The summed E-state index contributed by atoms with van der Waals surface area (Å²) in [5.74, 6) is -0.153. The van der Waals surface area contributed by atoms with Crippen molar-refractivity contribution in [2.24, 2.45) is 0 Å². The summed E-state index contributed by atoms with van der Waals surface area (Å²) in [7, 11) is 0. The fourth-order valence-electron chi connectivity index (χ4n) is 2.35. The van der Waals surface area contributed by atoms with Gasteiger partial charge in [-0.25, -0.2) is 0 Å². The zero-order valence-electron chi connectivity index (χ0n) is 9.81. The number of hydrogen-bond acceptors (Lipinski definition) is 3. The third kappa shape index (κ3) is 1.56. The van der Waals surface area contributed by atoms with Crippen molar-refractivity contribution in [1.29, 1.82) is 0 Å². The number of allylic oxidation sites excluding steroid dienone is 2. The molecule has 1 aromatic rings. The Morgan fingerprint density at radius 2 is 1.83 bits per heavy atom. The van der Waals surface area contributed by atoms with Crippen molar-refractivity contribution in [2.45, 2.75) is 12.5 Å². The number of hydrogen-bond donors (Lipinski definition) is 0. The summed E-state index contributed by atoms with van der Waals surface area (Å²) in [5, 5.41) is 0. The maximum atomic E-state index is 12.4. The average Bonchev–Trinajstić information content (AvgIpc) is 3.20. The molecule has 0 amide bonds. The highest BCUT2D eigenvalue weighted by Gasteiger charge is 2.40. The van der Waals surface area contributed by atoms with E-state index >= 15 is 0 Å². The molecule has 0 spiro atoms. The number of carbonyl (C=O) groups is 2. The van der Waals surface area contributed by atoms with Gasteiger partial charge in [-0.05, 0) is 6.42 Å². The Morgan fingerprint density at radius 3 is 2.39 bits per heavy atom. The minimum atomic E-state index is -0.204. The normalized spacial score (nSPS) is 21.9. The van der Waals surface area contributed by atoms with Crippen LogP contribution in [0.5, 0.6) is 0 Å². The smallest absolute Gasteiger partial charge is 0.192 e. The molecule has 90 valence electrons. The van der Waals surface area contributed by atoms with Crippen LogP contribution in [0.1, 0.15) is 27.1 Å². The molecule has 0 aromatic heterocycles. The largest absolute Gasteiger partial charge is 0.368 e. The second-order valence-corrected chi connectivity index (χ2v) is 4.41. The van der Waals surface area contributed by atoms with E-state index in [1.807, 2.05) is 0 Å². The second kappa shape index (κ2) is 4.03. The molecule has 1 aliphatic heterocycles. The van der Waals surface area contributed by atoms with E-state index in [-0.39, 0.29) is 17.7 Å². The first kappa shape index (κ1) is 11.1. The van der Waals surface area contributed by atoms with Gasteiger partial charge in [-0.15, -0.1) is 6.58 Å². The lowest BCUT2D eigenvalue weighted by Crippen LogP contribution is -2.24. The minimum absolute atomic E-state index is 0.0735. The second-order valence-electron chi connectivity index (χ2n) is 4.41. The molecule has 0 bridgehead atoms. The lowest BCUT2D eigenvalue weighted by atomic mass is 9.81. The number of benzene rings is 1. The molecular formula is C15H12O3. The predicted octanol–water partition coefficient (Wildman–Crippen LogP) is 2.34. The molecule has 0 unspecified atom stereocenters. The number of rotatable bonds is 3. The molecule has 0 radical (unpaired) electrons. The number of ether oxygens (including phenoxy) is 1. The Balaban J connectivity index is 2.19. The summed E-state index contributed by atoms with van der Waals surface area (Å²) < 4.78 is 5.19. The van der Waals surface area contributed by atoms with Crippen molar-refractivity contribution in [2.75, 3.05) is 6.61 Å². The first-order valence-corrected chi connectivity index (χ1v) is 5.88. The van der Waals surface area contributed by atoms with Crippen molar-refractivity contribution in [3.63, 3.8) is 0 Å². The van der Waals surface area contributed by atoms with Crippen LogP contribution in [0.25, 0.3) is 0 Å². The topological polar surface area (TPSA) is 46.7 Å². The van der Waals surface area contributed by atoms with Gasteiger partial charge in [0.2, 0.25) is 0 Å². The molecule has 3 heteroatoms. The summed E-state index contributed by atoms with van der Waals surface area (Å²) in [4.78, 5) is 24.8. The van der Waals surface area contributed by atoms with Gasteiger partial charge in [0.25, 0.3) is 0 Å². The van der Waals surface area contributed by atoms with Crippen molar-refractivity contribution < 1.29 is 14.3 Å². The van der Waals surface area contributed by atoms with Crippen LogP contribution in [-0.2, 0) is 4.74 Å². The van der Waals surface area contributed by atoms with Crippen molar-refractivity contribution in [3.05, 3.63) is 59.2 Å². The number of carbonyl (C=O) groups excluding carboxylic acids is 2. The van der Waals surface area contributed by atoms with E-state index in [0.717, 1.165) is 0 Å². The van der Waals surface area contributed by atoms with Crippen LogP contribution in [0.3, 0.4) is 0 Å². The molecule has 3 rings (SSSR count). The van der Waals surface area contributed by atoms with E-state index in [9.17, 15) is 9.59 Å². The number of ketones is 2. The molecule has 1 saturated heterocycles. The molecule has 0 N–H and O–H groups in total. The summed E-state index contributed by atoms with van der Waals surface area (Å²) in [5.41, 5.74) is 2.04. The van der Waals surface area contributed by atoms with E-state index in [1.165, 1.54) is 0 Å². The predicted molar refractivity (Wildman–Crippen MR) is 66.7 cm³/mol. The highest BCUT2D eigenvalue weighted by molar-refractivity contribution is 6.27. The molecule has 1 heterocycles. The maximum absolute atomic E-state index is 12.4. The van der Waals surface area contributed by atoms with E-state index in [2.05, 4.69) is 6.58 Å². The molecule has 1 aliphatic carbocycles. The third-order valence-corrected chi connectivity index (χ3v) is 3.26. The Hall–Kier alpha value is -2.00. The standard InChI is InChI=1S/C15H12O3/c1-2-5-11-13(12-8-18-12)15(17)10-7-4-3-6-9(10)14(11)16/h2-4,6-7,12H,1,5,8H2/t12-/m0/s1. The molecule has 0 saturated carbocycles. The van der Waals surface area contributed by atoms with Crippen LogP contribution < -0.4 is 0 Å². The SMILES string of the molecule is C=CCC1=C([C@@H]2CO2)C(=O)c2ccccc2C1=O. The van der Waals surface area contributed by atoms with Gasteiger partial charge in [0, 0.05) is 22.3 Å². The van der Waals surface area contributed by atoms with Crippen LogP contribution in [0.4, 0.5) is 0 Å². The zero-order chi connectivity index (χ0) is 12.7. The Morgan fingerprint density at radius 1 is 1.22 bits per heavy atom. The number of Topliss-reactive ketones (excluding diaryl/α,β-unsaturated/α-hetero) is 2. The van der Waals surface area contributed by atoms with Crippen molar-refractivity contribution in [1.82, 2.24) is 0 Å². The molecular weight excluding hydrogens is 228 g/mol. The fraction of sp³-hybridized carbons (Fsp3) is 0.200.